The molecular weight excluding hydrogens is 334 g/mol. The lowest BCUT2D eigenvalue weighted by Crippen LogP contribution is -2.44. The van der Waals surface area contributed by atoms with Gasteiger partial charge in [-0.15, -0.1) is 0 Å². The van der Waals surface area contributed by atoms with E-state index in [-0.39, 0.29) is 17.3 Å². The van der Waals surface area contributed by atoms with Crippen LogP contribution in [-0.2, 0) is 0 Å². The molecule has 2 heterocycles. The largest absolute Gasteiger partial charge is 0.339 e. The van der Waals surface area contributed by atoms with Gasteiger partial charge in [0.25, 0.3) is 5.91 Å². The molecule has 4 rings (SSSR count). The summed E-state index contributed by atoms with van der Waals surface area (Å²) in [6.45, 7) is 3.43. The van der Waals surface area contributed by atoms with Crippen molar-refractivity contribution < 1.29 is 13.6 Å². The molecule has 0 radical (unpaired) electrons. The maximum Gasteiger partial charge on any atom is 0.256 e. The van der Waals surface area contributed by atoms with E-state index in [4.69, 9.17) is 0 Å². The van der Waals surface area contributed by atoms with Gasteiger partial charge in [-0.2, -0.15) is 0 Å². The van der Waals surface area contributed by atoms with Crippen LogP contribution in [0.2, 0.25) is 0 Å². The van der Waals surface area contributed by atoms with Crippen LogP contribution in [0.5, 0.6) is 0 Å². The van der Waals surface area contributed by atoms with Crippen LogP contribution in [-0.4, -0.2) is 37.0 Å². The summed E-state index contributed by atoms with van der Waals surface area (Å²) in [6, 6.07) is 10.5. The minimum absolute atomic E-state index is 0.108. The second-order valence-corrected chi connectivity index (χ2v) is 7.42. The molecule has 2 aromatic rings. The molecule has 2 aromatic carbocycles. The summed E-state index contributed by atoms with van der Waals surface area (Å²) < 4.78 is 27.6. The number of hydrogen-bond acceptors (Lipinski definition) is 2. The number of piperidine rings is 1. The number of nitrogens with zero attached hydrogens (tertiary/aromatic N) is 1. The van der Waals surface area contributed by atoms with Crippen molar-refractivity contribution in [1.82, 2.24) is 10.2 Å². The number of likely N-dealkylation sites (tertiary alicyclic amines) is 1. The van der Waals surface area contributed by atoms with E-state index >= 15 is 0 Å². The highest BCUT2D eigenvalue weighted by molar-refractivity contribution is 5.95. The predicted octanol–water partition coefficient (Wildman–Crippen LogP) is 3.85. The van der Waals surface area contributed by atoms with Gasteiger partial charge in [-0.1, -0.05) is 18.2 Å². The molecule has 0 aliphatic carbocycles. The van der Waals surface area contributed by atoms with E-state index in [1.165, 1.54) is 24.3 Å². The molecule has 0 saturated carbocycles. The molecule has 2 aliphatic heterocycles. The Morgan fingerprint density at radius 1 is 0.962 bits per heavy atom. The monoisotopic (exact) mass is 356 g/mol. The zero-order valence-electron chi connectivity index (χ0n) is 14.6. The van der Waals surface area contributed by atoms with Crippen molar-refractivity contribution in [2.75, 3.05) is 26.2 Å². The Kier molecular flexibility index (Phi) is 4.49. The van der Waals surface area contributed by atoms with Gasteiger partial charge < -0.3 is 10.2 Å². The standard InChI is InChI=1S/C21H22F2N2O/c22-17-4-1-15(2-5-17)16-3-6-18(19(23)13-16)20(26)25-11-8-21(9-12-25)7-10-24-14-21/h1-6,13,24H,7-12,14H2. The molecule has 5 heteroatoms. The van der Waals surface area contributed by atoms with Crippen LogP contribution >= 0.6 is 0 Å². The van der Waals surface area contributed by atoms with Gasteiger partial charge in [0.2, 0.25) is 0 Å². The topological polar surface area (TPSA) is 32.3 Å². The molecule has 0 bridgehead atoms. The second kappa shape index (κ2) is 6.80. The normalized spacial score (nSPS) is 19.1. The van der Waals surface area contributed by atoms with Gasteiger partial charge in [0.1, 0.15) is 11.6 Å². The Morgan fingerprint density at radius 3 is 2.27 bits per heavy atom. The Balaban J connectivity index is 1.49. The Bertz CT molecular complexity index is 803. The summed E-state index contributed by atoms with van der Waals surface area (Å²) in [5.74, 6) is -1.10. The highest BCUT2D eigenvalue weighted by atomic mass is 19.1. The third-order valence-corrected chi connectivity index (χ3v) is 5.82. The number of benzene rings is 2. The summed E-state index contributed by atoms with van der Waals surface area (Å²) in [4.78, 5) is 14.5. The van der Waals surface area contributed by atoms with E-state index in [0.717, 1.165) is 37.9 Å². The van der Waals surface area contributed by atoms with Gasteiger partial charge in [-0.3, -0.25) is 4.79 Å². The second-order valence-electron chi connectivity index (χ2n) is 7.42. The van der Waals surface area contributed by atoms with Crippen molar-refractivity contribution >= 4 is 5.91 Å². The fourth-order valence-electron chi connectivity index (χ4n) is 4.09. The van der Waals surface area contributed by atoms with Crippen molar-refractivity contribution in [3.8, 4) is 11.1 Å². The third-order valence-electron chi connectivity index (χ3n) is 5.82. The number of amides is 1. The van der Waals surface area contributed by atoms with Gasteiger partial charge >= 0.3 is 0 Å². The Labute approximate surface area is 152 Å². The molecule has 26 heavy (non-hydrogen) atoms. The van der Waals surface area contributed by atoms with Gasteiger partial charge in [0.05, 0.1) is 5.56 Å². The van der Waals surface area contributed by atoms with E-state index in [1.54, 1.807) is 23.1 Å². The lowest BCUT2D eigenvalue weighted by atomic mass is 9.78. The summed E-state index contributed by atoms with van der Waals surface area (Å²) >= 11 is 0. The Hall–Kier alpha value is -2.27. The van der Waals surface area contributed by atoms with E-state index in [9.17, 15) is 13.6 Å². The molecule has 1 N–H and O–H groups in total. The minimum Gasteiger partial charge on any atom is -0.339 e. The molecule has 2 aliphatic rings. The minimum atomic E-state index is -0.528. The summed E-state index contributed by atoms with van der Waals surface area (Å²) in [7, 11) is 0. The predicted molar refractivity (Wildman–Crippen MR) is 96.9 cm³/mol. The van der Waals surface area contributed by atoms with E-state index in [2.05, 4.69) is 5.32 Å². The Morgan fingerprint density at radius 2 is 1.65 bits per heavy atom. The first kappa shape index (κ1) is 17.2. The fraction of sp³-hybridized carbons (Fsp3) is 0.381. The van der Waals surface area contributed by atoms with Crippen LogP contribution in [0.15, 0.2) is 42.5 Å². The molecule has 136 valence electrons. The quantitative estimate of drug-likeness (QED) is 0.887. The zero-order chi connectivity index (χ0) is 18.1. The molecule has 2 saturated heterocycles. The van der Waals surface area contributed by atoms with Crippen LogP contribution in [0.1, 0.15) is 29.6 Å². The zero-order valence-corrected chi connectivity index (χ0v) is 14.6. The molecule has 3 nitrogen and oxygen atoms in total. The summed E-state index contributed by atoms with van der Waals surface area (Å²) in [5.41, 5.74) is 1.78. The van der Waals surface area contributed by atoms with E-state index in [1.807, 2.05) is 0 Å². The van der Waals surface area contributed by atoms with E-state index in [0.29, 0.717) is 24.1 Å². The number of rotatable bonds is 2. The van der Waals surface area contributed by atoms with Crippen LogP contribution in [0, 0.1) is 17.0 Å². The average molecular weight is 356 g/mol. The lowest BCUT2D eigenvalue weighted by molar-refractivity contribution is 0.0603. The van der Waals surface area contributed by atoms with Gasteiger partial charge in [-0.25, -0.2) is 8.78 Å². The van der Waals surface area contributed by atoms with Gasteiger partial charge in [0.15, 0.2) is 0 Å². The average Bonchev–Trinajstić information content (AvgIpc) is 3.10. The maximum absolute atomic E-state index is 14.6. The lowest BCUT2D eigenvalue weighted by Gasteiger charge is -2.39. The molecule has 2 fully saturated rings. The van der Waals surface area contributed by atoms with Crippen LogP contribution < -0.4 is 5.32 Å². The molecule has 0 aromatic heterocycles. The van der Waals surface area contributed by atoms with Crippen molar-refractivity contribution in [1.29, 1.82) is 0 Å². The first-order valence-corrected chi connectivity index (χ1v) is 9.12. The molecular formula is C21H22F2N2O. The van der Waals surface area contributed by atoms with E-state index < -0.39 is 5.82 Å². The fourth-order valence-corrected chi connectivity index (χ4v) is 4.09. The van der Waals surface area contributed by atoms with Crippen LogP contribution in [0.25, 0.3) is 11.1 Å². The highest BCUT2D eigenvalue weighted by Gasteiger charge is 2.38. The first-order valence-electron chi connectivity index (χ1n) is 9.12. The molecule has 1 spiro atoms. The van der Waals surface area contributed by atoms with Crippen molar-refractivity contribution in [3.63, 3.8) is 0 Å². The number of halogens is 2. The summed E-state index contributed by atoms with van der Waals surface area (Å²) in [6.07, 6.45) is 3.11. The molecule has 0 atom stereocenters. The van der Waals surface area contributed by atoms with Crippen molar-refractivity contribution in [3.05, 3.63) is 59.7 Å². The highest BCUT2D eigenvalue weighted by Crippen LogP contribution is 2.37. The number of carbonyl (C=O) groups is 1. The molecule has 1 amide bonds. The summed E-state index contributed by atoms with van der Waals surface area (Å²) in [5, 5.41) is 3.41. The van der Waals surface area contributed by atoms with Crippen LogP contribution in [0.4, 0.5) is 8.78 Å². The first-order chi connectivity index (χ1) is 12.6. The van der Waals surface area contributed by atoms with Crippen molar-refractivity contribution in [2.45, 2.75) is 19.3 Å². The maximum atomic E-state index is 14.6. The molecule has 0 unspecified atom stereocenters. The van der Waals surface area contributed by atoms with Gasteiger partial charge in [0, 0.05) is 19.6 Å². The number of hydrogen-bond donors (Lipinski definition) is 1. The number of nitrogens with one attached hydrogen (secondary N) is 1. The smallest absolute Gasteiger partial charge is 0.256 e. The van der Waals surface area contributed by atoms with Crippen molar-refractivity contribution in [2.24, 2.45) is 5.41 Å². The van der Waals surface area contributed by atoms with Crippen LogP contribution in [0.3, 0.4) is 0 Å². The number of carbonyl (C=O) groups excluding carboxylic acids is 1. The SMILES string of the molecule is O=C(c1ccc(-c2ccc(F)cc2)cc1F)N1CCC2(CCNC2)CC1. The third kappa shape index (κ3) is 3.23. The van der Waals surface area contributed by atoms with Gasteiger partial charge in [-0.05, 0) is 66.6 Å².